The maximum Gasteiger partial charge on any atom is 0.256 e. The number of fused-ring (bicyclic) bond motifs is 1. The lowest BCUT2D eigenvalue weighted by Gasteiger charge is -2.10. The first-order valence-corrected chi connectivity index (χ1v) is 10.3. The van der Waals surface area contributed by atoms with Crippen molar-refractivity contribution in [3.8, 4) is 11.3 Å². The van der Waals surface area contributed by atoms with E-state index in [2.05, 4.69) is 31.3 Å². The fraction of sp³-hybridized carbons (Fsp3) is 0.0435. The van der Waals surface area contributed by atoms with Gasteiger partial charge in [-0.3, -0.25) is 9.78 Å². The molecule has 1 aromatic carbocycles. The molecule has 1 amide bonds. The molecule has 5 rings (SSSR count). The van der Waals surface area contributed by atoms with Crippen LogP contribution in [0.15, 0.2) is 88.3 Å². The van der Waals surface area contributed by atoms with Crippen LogP contribution in [0.1, 0.15) is 16.1 Å². The lowest BCUT2D eigenvalue weighted by molar-refractivity contribution is 0.102. The third-order valence-corrected chi connectivity index (χ3v) is 5.33. The lowest BCUT2D eigenvalue weighted by atomic mass is 10.1. The Balaban J connectivity index is 1.60. The minimum atomic E-state index is -0.239. The van der Waals surface area contributed by atoms with E-state index in [4.69, 9.17) is 9.40 Å². The minimum Gasteiger partial charge on any atom is -0.467 e. The molecular weight excluding hydrogens is 458 g/mol. The Labute approximate surface area is 185 Å². The summed E-state index contributed by atoms with van der Waals surface area (Å²) in [7, 11) is 0. The van der Waals surface area contributed by atoms with Gasteiger partial charge in [0.1, 0.15) is 12.3 Å². The fourth-order valence-electron chi connectivity index (χ4n) is 3.30. The van der Waals surface area contributed by atoms with E-state index >= 15 is 0 Å². The van der Waals surface area contributed by atoms with Crippen LogP contribution < -0.4 is 5.32 Å². The van der Waals surface area contributed by atoms with E-state index in [0.29, 0.717) is 34.5 Å². The molecule has 0 aliphatic rings. The van der Waals surface area contributed by atoms with Gasteiger partial charge in [0.25, 0.3) is 5.91 Å². The molecule has 0 fully saturated rings. The van der Waals surface area contributed by atoms with Crippen molar-refractivity contribution in [2.75, 3.05) is 5.32 Å². The van der Waals surface area contributed by atoms with Crippen molar-refractivity contribution in [1.29, 1.82) is 0 Å². The summed E-state index contributed by atoms with van der Waals surface area (Å²) in [6.07, 6.45) is 6.70. The van der Waals surface area contributed by atoms with Gasteiger partial charge >= 0.3 is 0 Å². The van der Waals surface area contributed by atoms with Crippen molar-refractivity contribution in [2.24, 2.45) is 0 Å². The van der Waals surface area contributed by atoms with Gasteiger partial charge in [-0.2, -0.15) is 5.10 Å². The Morgan fingerprint density at radius 1 is 1.10 bits per heavy atom. The van der Waals surface area contributed by atoms with Gasteiger partial charge in [-0.25, -0.2) is 9.67 Å². The average Bonchev–Trinajstić information content (AvgIpc) is 3.46. The first-order chi connectivity index (χ1) is 15.2. The van der Waals surface area contributed by atoms with Gasteiger partial charge in [-0.15, -0.1) is 0 Å². The molecule has 5 aromatic rings. The van der Waals surface area contributed by atoms with E-state index < -0.39 is 0 Å². The highest BCUT2D eigenvalue weighted by atomic mass is 79.9. The van der Waals surface area contributed by atoms with Gasteiger partial charge in [-0.05, 0) is 54.6 Å². The number of rotatable bonds is 5. The van der Waals surface area contributed by atoms with Crippen molar-refractivity contribution in [3.05, 3.63) is 95.2 Å². The highest BCUT2D eigenvalue weighted by molar-refractivity contribution is 9.10. The number of aromatic nitrogens is 4. The van der Waals surface area contributed by atoms with Gasteiger partial charge in [0, 0.05) is 28.1 Å². The van der Waals surface area contributed by atoms with E-state index in [1.165, 1.54) is 0 Å². The highest BCUT2D eigenvalue weighted by Gasteiger charge is 2.18. The second-order valence-corrected chi connectivity index (χ2v) is 7.79. The third-order valence-electron chi connectivity index (χ3n) is 4.80. The maximum absolute atomic E-state index is 13.2. The van der Waals surface area contributed by atoms with Gasteiger partial charge in [0.2, 0.25) is 0 Å². The molecule has 4 aromatic heterocycles. The number of amides is 1. The Hall–Kier alpha value is -3.78. The van der Waals surface area contributed by atoms with Crippen LogP contribution in [0.2, 0.25) is 0 Å². The van der Waals surface area contributed by atoms with Crippen LogP contribution in [0.4, 0.5) is 5.69 Å². The molecule has 8 heteroatoms. The molecule has 152 valence electrons. The van der Waals surface area contributed by atoms with Gasteiger partial charge in [0.05, 0.1) is 29.1 Å². The fourth-order valence-corrected chi connectivity index (χ4v) is 3.56. The van der Waals surface area contributed by atoms with Gasteiger partial charge < -0.3 is 9.73 Å². The number of benzene rings is 1. The minimum absolute atomic E-state index is 0.239. The summed E-state index contributed by atoms with van der Waals surface area (Å²) in [5.41, 5.74) is 3.23. The second-order valence-electron chi connectivity index (χ2n) is 6.88. The van der Waals surface area contributed by atoms with E-state index in [1.807, 2.05) is 48.5 Å². The number of hydrogen-bond donors (Lipinski definition) is 1. The second kappa shape index (κ2) is 8.16. The average molecular weight is 474 g/mol. The molecule has 7 nitrogen and oxygen atoms in total. The molecule has 31 heavy (non-hydrogen) atoms. The van der Waals surface area contributed by atoms with Gasteiger partial charge in [0.15, 0.2) is 5.65 Å². The summed E-state index contributed by atoms with van der Waals surface area (Å²) in [5, 5.41) is 8.07. The molecule has 0 aliphatic heterocycles. The van der Waals surface area contributed by atoms with E-state index in [-0.39, 0.29) is 5.91 Å². The number of carbonyl (C=O) groups excluding carboxylic acids is 1. The molecule has 0 atom stereocenters. The first-order valence-electron chi connectivity index (χ1n) is 9.53. The SMILES string of the molecule is O=C(Nc1ccc(Br)cc1)c1cc(-c2cccnc2)nc2c1cnn2Cc1ccco1. The molecule has 4 heterocycles. The summed E-state index contributed by atoms with van der Waals surface area (Å²) in [6, 6.07) is 16.6. The zero-order valence-corrected chi connectivity index (χ0v) is 17.8. The van der Waals surface area contributed by atoms with Crippen LogP contribution in [0, 0.1) is 0 Å². The molecule has 1 N–H and O–H groups in total. The van der Waals surface area contributed by atoms with Crippen molar-refractivity contribution in [2.45, 2.75) is 6.54 Å². The smallest absolute Gasteiger partial charge is 0.256 e. The Morgan fingerprint density at radius 2 is 1.97 bits per heavy atom. The Kier molecular flexibility index (Phi) is 5.05. The van der Waals surface area contributed by atoms with Crippen LogP contribution in [-0.2, 0) is 6.54 Å². The Bertz CT molecular complexity index is 1350. The van der Waals surface area contributed by atoms with Crippen LogP contribution in [-0.4, -0.2) is 25.7 Å². The zero-order chi connectivity index (χ0) is 21.2. The number of nitrogens with one attached hydrogen (secondary N) is 1. The zero-order valence-electron chi connectivity index (χ0n) is 16.2. The maximum atomic E-state index is 13.2. The summed E-state index contributed by atoms with van der Waals surface area (Å²) in [5.74, 6) is 0.511. The van der Waals surface area contributed by atoms with E-state index in [9.17, 15) is 4.79 Å². The van der Waals surface area contributed by atoms with E-state index in [1.54, 1.807) is 35.6 Å². The standard InChI is InChI=1S/C23H16BrN5O2/c24-16-5-7-17(8-6-16)27-23(30)19-11-21(15-3-1-9-25-12-15)28-22-20(19)13-26-29(22)14-18-4-2-10-31-18/h1-13H,14H2,(H,27,30). The third kappa shape index (κ3) is 3.97. The molecule has 0 bridgehead atoms. The molecule has 0 saturated heterocycles. The number of anilines is 1. The normalized spacial score (nSPS) is 11.0. The van der Waals surface area contributed by atoms with Crippen LogP contribution in [0.5, 0.6) is 0 Å². The quantitative estimate of drug-likeness (QED) is 0.381. The lowest BCUT2D eigenvalue weighted by Crippen LogP contribution is -2.13. The summed E-state index contributed by atoms with van der Waals surface area (Å²) < 4.78 is 8.12. The topological polar surface area (TPSA) is 85.8 Å². The molecule has 0 spiro atoms. The number of nitrogens with zero attached hydrogens (tertiary/aromatic N) is 4. The Morgan fingerprint density at radius 3 is 2.71 bits per heavy atom. The van der Waals surface area contributed by atoms with Crippen molar-refractivity contribution >= 4 is 38.6 Å². The number of hydrogen-bond acceptors (Lipinski definition) is 5. The molecule has 0 aliphatic carbocycles. The summed E-state index contributed by atoms with van der Waals surface area (Å²) in [4.78, 5) is 22.2. The number of pyridine rings is 2. The summed E-state index contributed by atoms with van der Waals surface area (Å²) in [6.45, 7) is 0.410. The largest absolute Gasteiger partial charge is 0.467 e. The number of carbonyl (C=O) groups is 1. The van der Waals surface area contributed by atoms with Crippen molar-refractivity contribution in [3.63, 3.8) is 0 Å². The monoisotopic (exact) mass is 473 g/mol. The van der Waals surface area contributed by atoms with Crippen molar-refractivity contribution in [1.82, 2.24) is 19.7 Å². The predicted octanol–water partition coefficient (Wildman–Crippen LogP) is 5.15. The molecule has 0 unspecified atom stereocenters. The van der Waals surface area contributed by atoms with Gasteiger partial charge in [-0.1, -0.05) is 15.9 Å². The highest BCUT2D eigenvalue weighted by Crippen LogP contribution is 2.26. The molecular formula is C23H16BrN5O2. The number of halogens is 1. The van der Waals surface area contributed by atoms with Crippen LogP contribution in [0.3, 0.4) is 0 Å². The first kappa shape index (κ1) is 19.2. The number of furan rings is 1. The molecule has 0 saturated carbocycles. The predicted molar refractivity (Wildman–Crippen MR) is 121 cm³/mol. The summed E-state index contributed by atoms with van der Waals surface area (Å²) >= 11 is 3.41. The van der Waals surface area contributed by atoms with Crippen LogP contribution >= 0.6 is 15.9 Å². The van der Waals surface area contributed by atoms with E-state index in [0.717, 1.165) is 15.8 Å². The molecule has 0 radical (unpaired) electrons. The van der Waals surface area contributed by atoms with Crippen LogP contribution in [0.25, 0.3) is 22.3 Å². The van der Waals surface area contributed by atoms with Crippen molar-refractivity contribution < 1.29 is 9.21 Å².